The Morgan fingerprint density at radius 2 is 1.84 bits per heavy atom. The van der Waals surface area contributed by atoms with Crippen molar-refractivity contribution >= 4 is 23.4 Å². The molecule has 5 rings (SSSR count). The first kappa shape index (κ1) is 20.6. The summed E-state index contributed by atoms with van der Waals surface area (Å²) < 4.78 is 7.50. The Morgan fingerprint density at radius 3 is 2.62 bits per heavy atom. The van der Waals surface area contributed by atoms with E-state index in [0.29, 0.717) is 11.0 Å². The maximum atomic E-state index is 13.4. The average Bonchev–Trinajstić information content (AvgIpc) is 3.44. The summed E-state index contributed by atoms with van der Waals surface area (Å²) in [5.74, 6) is 1.57. The first-order valence-electron chi connectivity index (χ1n) is 10.7. The predicted molar refractivity (Wildman–Crippen MR) is 126 cm³/mol. The van der Waals surface area contributed by atoms with Crippen molar-refractivity contribution in [3.05, 3.63) is 78.3 Å². The van der Waals surface area contributed by atoms with Gasteiger partial charge < -0.3 is 9.32 Å². The van der Waals surface area contributed by atoms with Gasteiger partial charge in [-0.05, 0) is 56.5 Å². The Kier molecular flexibility index (Phi) is 5.57. The zero-order chi connectivity index (χ0) is 22.1. The lowest BCUT2D eigenvalue weighted by molar-refractivity contribution is -0.117. The number of thioether (sulfide) groups is 1. The number of carbonyl (C=O) groups excluding carboxylic acids is 1. The molecule has 0 radical (unpaired) electrons. The number of carbonyl (C=O) groups is 1. The minimum atomic E-state index is -0.314. The van der Waals surface area contributed by atoms with E-state index in [0.717, 1.165) is 42.1 Å². The molecule has 162 valence electrons. The molecule has 0 bridgehead atoms. The number of anilines is 1. The van der Waals surface area contributed by atoms with Crippen LogP contribution in [0.2, 0.25) is 0 Å². The van der Waals surface area contributed by atoms with Gasteiger partial charge in [0.15, 0.2) is 11.0 Å². The molecule has 6 nitrogen and oxygen atoms in total. The van der Waals surface area contributed by atoms with Crippen molar-refractivity contribution in [3.8, 4) is 17.1 Å². The molecular formula is C25H24N4O2S. The second-order valence-electron chi connectivity index (χ2n) is 7.85. The van der Waals surface area contributed by atoms with Crippen molar-refractivity contribution in [2.24, 2.45) is 0 Å². The third-order valence-electron chi connectivity index (χ3n) is 5.75. The number of amides is 1. The molecule has 1 atom stereocenters. The summed E-state index contributed by atoms with van der Waals surface area (Å²) in [7, 11) is 0. The molecule has 0 fully saturated rings. The summed E-state index contributed by atoms with van der Waals surface area (Å²) in [6.45, 7) is 4.59. The highest BCUT2D eigenvalue weighted by atomic mass is 32.2. The van der Waals surface area contributed by atoms with E-state index < -0.39 is 0 Å². The molecule has 1 aliphatic heterocycles. The summed E-state index contributed by atoms with van der Waals surface area (Å²) in [4.78, 5) is 15.4. The number of rotatable bonds is 5. The van der Waals surface area contributed by atoms with Crippen molar-refractivity contribution in [2.75, 3.05) is 11.4 Å². The van der Waals surface area contributed by atoms with Crippen LogP contribution in [0.5, 0.6) is 0 Å². The van der Waals surface area contributed by atoms with Crippen LogP contribution in [0.3, 0.4) is 0 Å². The van der Waals surface area contributed by atoms with Crippen molar-refractivity contribution in [3.63, 3.8) is 0 Å². The smallest absolute Gasteiger partial charge is 0.240 e. The van der Waals surface area contributed by atoms with E-state index in [1.165, 1.54) is 17.3 Å². The second kappa shape index (κ2) is 8.67. The Labute approximate surface area is 191 Å². The molecule has 1 amide bonds. The van der Waals surface area contributed by atoms with Crippen LogP contribution in [0, 0.1) is 6.92 Å². The predicted octanol–water partition coefficient (Wildman–Crippen LogP) is 5.30. The van der Waals surface area contributed by atoms with E-state index in [2.05, 4.69) is 16.3 Å². The number of hydrogen-bond donors (Lipinski definition) is 0. The van der Waals surface area contributed by atoms with Gasteiger partial charge in [0.2, 0.25) is 5.91 Å². The monoisotopic (exact) mass is 444 g/mol. The SMILES string of the molecule is Cc1occc1-c1nnc(S[C@@H](C)C(=O)N2CCCc3ccccc32)n1-c1ccccc1. The molecular weight excluding hydrogens is 420 g/mol. The molecule has 2 aromatic carbocycles. The summed E-state index contributed by atoms with van der Waals surface area (Å²) in [6, 6.07) is 20.0. The van der Waals surface area contributed by atoms with Crippen LogP contribution in [0.4, 0.5) is 5.69 Å². The maximum absolute atomic E-state index is 13.4. The molecule has 1 aliphatic rings. The van der Waals surface area contributed by atoms with E-state index in [1.54, 1.807) is 6.26 Å². The van der Waals surface area contributed by atoms with E-state index in [1.807, 2.05) is 77.9 Å². The highest BCUT2D eigenvalue weighted by Crippen LogP contribution is 2.34. The molecule has 0 saturated carbocycles. The van der Waals surface area contributed by atoms with Crippen LogP contribution in [-0.4, -0.2) is 32.5 Å². The molecule has 7 heteroatoms. The van der Waals surface area contributed by atoms with Crippen molar-refractivity contribution in [1.29, 1.82) is 0 Å². The van der Waals surface area contributed by atoms with Gasteiger partial charge in [-0.2, -0.15) is 0 Å². The summed E-state index contributed by atoms with van der Waals surface area (Å²) >= 11 is 1.43. The number of aromatic nitrogens is 3. The highest BCUT2D eigenvalue weighted by molar-refractivity contribution is 8.00. The van der Waals surface area contributed by atoms with Gasteiger partial charge in [0.25, 0.3) is 0 Å². The molecule has 4 aromatic rings. The van der Waals surface area contributed by atoms with Gasteiger partial charge in [-0.15, -0.1) is 10.2 Å². The minimum Gasteiger partial charge on any atom is -0.469 e. The summed E-state index contributed by atoms with van der Waals surface area (Å²) in [5, 5.41) is 9.29. The minimum absolute atomic E-state index is 0.0887. The van der Waals surface area contributed by atoms with Gasteiger partial charge in [0, 0.05) is 17.9 Å². The van der Waals surface area contributed by atoms with E-state index in [-0.39, 0.29) is 11.2 Å². The average molecular weight is 445 g/mol. The van der Waals surface area contributed by atoms with E-state index >= 15 is 0 Å². The van der Waals surface area contributed by atoms with Crippen LogP contribution in [0.15, 0.2) is 76.5 Å². The van der Waals surface area contributed by atoms with Gasteiger partial charge in [-0.3, -0.25) is 9.36 Å². The summed E-state index contributed by atoms with van der Waals surface area (Å²) in [6.07, 6.45) is 3.64. The molecule has 0 unspecified atom stereocenters. The van der Waals surface area contributed by atoms with Crippen LogP contribution in [-0.2, 0) is 11.2 Å². The molecule has 0 spiro atoms. The third kappa shape index (κ3) is 3.73. The van der Waals surface area contributed by atoms with Gasteiger partial charge >= 0.3 is 0 Å². The van der Waals surface area contributed by atoms with Gasteiger partial charge in [-0.25, -0.2) is 0 Å². The topological polar surface area (TPSA) is 64.2 Å². The lowest BCUT2D eigenvalue weighted by Crippen LogP contribution is -2.40. The molecule has 2 aromatic heterocycles. The number of nitrogens with zero attached hydrogens (tertiary/aromatic N) is 4. The Bertz CT molecular complexity index is 1250. The molecule has 0 N–H and O–H groups in total. The number of para-hydroxylation sites is 2. The Hall–Kier alpha value is -3.32. The number of fused-ring (bicyclic) bond motifs is 1. The highest BCUT2D eigenvalue weighted by Gasteiger charge is 2.29. The first-order chi connectivity index (χ1) is 15.6. The van der Waals surface area contributed by atoms with Crippen molar-refractivity contribution in [1.82, 2.24) is 14.8 Å². The van der Waals surface area contributed by atoms with Gasteiger partial charge in [0.05, 0.1) is 17.1 Å². The van der Waals surface area contributed by atoms with Crippen LogP contribution >= 0.6 is 11.8 Å². The molecule has 0 saturated heterocycles. The zero-order valence-corrected chi connectivity index (χ0v) is 18.9. The van der Waals surface area contributed by atoms with Crippen LogP contribution in [0.25, 0.3) is 17.1 Å². The number of aryl methyl sites for hydroxylation is 2. The fourth-order valence-corrected chi connectivity index (χ4v) is 5.07. The normalized spacial score (nSPS) is 14.2. The van der Waals surface area contributed by atoms with Crippen molar-refractivity contribution < 1.29 is 9.21 Å². The number of hydrogen-bond acceptors (Lipinski definition) is 5. The largest absolute Gasteiger partial charge is 0.469 e. The summed E-state index contributed by atoms with van der Waals surface area (Å²) in [5.41, 5.74) is 4.08. The van der Waals surface area contributed by atoms with E-state index in [4.69, 9.17) is 4.42 Å². The first-order valence-corrected chi connectivity index (χ1v) is 11.6. The fraction of sp³-hybridized carbons (Fsp3) is 0.240. The number of furan rings is 1. The quantitative estimate of drug-likeness (QED) is 0.391. The fourth-order valence-electron chi connectivity index (χ4n) is 4.14. The van der Waals surface area contributed by atoms with Crippen molar-refractivity contribution in [2.45, 2.75) is 37.1 Å². The van der Waals surface area contributed by atoms with Crippen LogP contribution < -0.4 is 4.90 Å². The lowest BCUT2D eigenvalue weighted by atomic mass is 10.0. The lowest BCUT2D eigenvalue weighted by Gasteiger charge is -2.31. The molecule has 32 heavy (non-hydrogen) atoms. The maximum Gasteiger partial charge on any atom is 0.240 e. The standard InChI is InChI=1S/C25H24N4O2S/c1-17-21(14-16-31-17)23-26-27-25(29(23)20-11-4-3-5-12-20)32-18(2)24(30)28-15-8-10-19-9-6-7-13-22(19)28/h3-7,9,11-14,16,18H,8,10,15H2,1-2H3/t18-/m0/s1. The van der Waals surface area contributed by atoms with E-state index in [9.17, 15) is 4.79 Å². The third-order valence-corrected chi connectivity index (χ3v) is 6.78. The molecule has 3 heterocycles. The second-order valence-corrected chi connectivity index (χ2v) is 9.16. The zero-order valence-electron chi connectivity index (χ0n) is 18.1. The number of benzene rings is 2. The van der Waals surface area contributed by atoms with Crippen LogP contribution in [0.1, 0.15) is 24.7 Å². The van der Waals surface area contributed by atoms with Gasteiger partial charge in [0.1, 0.15) is 5.76 Å². The van der Waals surface area contributed by atoms with Gasteiger partial charge in [-0.1, -0.05) is 48.2 Å². The molecule has 0 aliphatic carbocycles. The Balaban J connectivity index is 1.48. The Morgan fingerprint density at radius 1 is 1.06 bits per heavy atom.